The molecule has 3 heteroatoms. The standard InChI is InChI=1S/C11H22O2Si/c1-8-9(2)14(7)12-10(3,4)11(5,6)13-14/h8-9H,1H2,2-7H3. The lowest BCUT2D eigenvalue weighted by molar-refractivity contribution is 0.00578. The summed E-state index contributed by atoms with van der Waals surface area (Å²) in [4.78, 5) is 0. The highest BCUT2D eigenvalue weighted by atomic mass is 28.4. The van der Waals surface area contributed by atoms with Crippen LogP contribution >= 0.6 is 0 Å². The van der Waals surface area contributed by atoms with Crippen LogP contribution in [-0.4, -0.2) is 19.8 Å². The highest BCUT2D eigenvalue weighted by molar-refractivity contribution is 6.68. The average molecular weight is 214 g/mol. The van der Waals surface area contributed by atoms with Crippen LogP contribution in [0.25, 0.3) is 0 Å². The van der Waals surface area contributed by atoms with E-state index in [1.807, 2.05) is 6.08 Å². The number of rotatable bonds is 2. The Hall–Kier alpha value is -0.123. The summed E-state index contributed by atoms with van der Waals surface area (Å²) in [7, 11) is -2.08. The Kier molecular flexibility index (Phi) is 2.72. The Morgan fingerprint density at radius 1 is 1.14 bits per heavy atom. The van der Waals surface area contributed by atoms with Gasteiger partial charge < -0.3 is 8.85 Å². The van der Waals surface area contributed by atoms with Crippen molar-refractivity contribution in [3.63, 3.8) is 0 Å². The Bertz CT molecular complexity index is 230. The third-order valence-corrected chi connectivity index (χ3v) is 7.27. The lowest BCUT2D eigenvalue weighted by Gasteiger charge is -2.31. The van der Waals surface area contributed by atoms with Crippen molar-refractivity contribution in [2.75, 3.05) is 0 Å². The summed E-state index contributed by atoms with van der Waals surface area (Å²) in [6.07, 6.45) is 1.93. The van der Waals surface area contributed by atoms with Gasteiger partial charge >= 0.3 is 8.56 Å². The van der Waals surface area contributed by atoms with Crippen molar-refractivity contribution < 1.29 is 8.85 Å². The second-order valence-corrected chi connectivity index (χ2v) is 8.62. The molecule has 0 aromatic heterocycles. The van der Waals surface area contributed by atoms with Gasteiger partial charge in [-0.15, -0.1) is 6.58 Å². The molecule has 1 unspecified atom stereocenters. The molecule has 0 aromatic rings. The van der Waals surface area contributed by atoms with E-state index in [-0.39, 0.29) is 11.2 Å². The Labute approximate surface area is 88.5 Å². The van der Waals surface area contributed by atoms with E-state index in [1.165, 1.54) is 0 Å². The van der Waals surface area contributed by atoms with Gasteiger partial charge in [0.05, 0.1) is 11.2 Å². The predicted molar refractivity (Wildman–Crippen MR) is 61.6 cm³/mol. The van der Waals surface area contributed by atoms with Crippen LogP contribution in [0.5, 0.6) is 0 Å². The van der Waals surface area contributed by atoms with E-state index in [4.69, 9.17) is 8.85 Å². The summed E-state index contributed by atoms with van der Waals surface area (Å²) >= 11 is 0. The summed E-state index contributed by atoms with van der Waals surface area (Å²) < 4.78 is 12.3. The highest BCUT2D eigenvalue weighted by Gasteiger charge is 2.58. The maximum atomic E-state index is 6.15. The minimum Gasteiger partial charge on any atom is -0.386 e. The Morgan fingerprint density at radius 3 is 1.79 bits per heavy atom. The molecule has 0 amide bonds. The maximum absolute atomic E-state index is 6.15. The topological polar surface area (TPSA) is 18.5 Å². The minimum absolute atomic E-state index is 0.203. The zero-order valence-corrected chi connectivity index (χ0v) is 11.2. The number of allylic oxidation sites excluding steroid dienone is 1. The summed E-state index contributed by atoms with van der Waals surface area (Å²) in [5.41, 5.74) is -0.0835. The van der Waals surface area contributed by atoms with Gasteiger partial charge in [-0.25, -0.2) is 0 Å². The Morgan fingerprint density at radius 2 is 1.50 bits per heavy atom. The molecule has 82 valence electrons. The fourth-order valence-corrected chi connectivity index (χ4v) is 5.04. The molecule has 0 saturated carbocycles. The molecule has 0 spiro atoms. The van der Waals surface area contributed by atoms with Crippen molar-refractivity contribution in [3.05, 3.63) is 12.7 Å². The lowest BCUT2D eigenvalue weighted by Crippen LogP contribution is -2.41. The van der Waals surface area contributed by atoms with Gasteiger partial charge in [-0.2, -0.15) is 0 Å². The van der Waals surface area contributed by atoms with Gasteiger partial charge in [0.1, 0.15) is 0 Å². The first-order chi connectivity index (χ1) is 6.15. The summed E-state index contributed by atoms with van der Waals surface area (Å²) in [5, 5.41) is 0. The Balaban J connectivity index is 2.96. The van der Waals surface area contributed by atoms with Crippen molar-refractivity contribution in [1.82, 2.24) is 0 Å². The van der Waals surface area contributed by atoms with Gasteiger partial charge in [-0.3, -0.25) is 0 Å². The molecule has 0 aromatic carbocycles. The molecule has 14 heavy (non-hydrogen) atoms. The fraction of sp³-hybridized carbons (Fsp3) is 0.818. The minimum atomic E-state index is -2.08. The zero-order valence-electron chi connectivity index (χ0n) is 10.2. The van der Waals surface area contributed by atoms with Crippen LogP contribution in [0.4, 0.5) is 0 Å². The maximum Gasteiger partial charge on any atom is 0.342 e. The molecular formula is C11H22O2Si. The molecule has 1 aliphatic rings. The smallest absolute Gasteiger partial charge is 0.342 e. The quantitative estimate of drug-likeness (QED) is 0.519. The van der Waals surface area contributed by atoms with Crippen molar-refractivity contribution >= 4 is 8.56 Å². The average Bonchev–Trinajstić information content (AvgIpc) is 2.16. The monoisotopic (exact) mass is 214 g/mol. The van der Waals surface area contributed by atoms with Gasteiger partial charge in [-0.05, 0) is 34.2 Å². The van der Waals surface area contributed by atoms with Crippen LogP contribution in [-0.2, 0) is 8.85 Å². The molecule has 1 heterocycles. The molecule has 1 rings (SSSR count). The van der Waals surface area contributed by atoms with E-state index < -0.39 is 8.56 Å². The first kappa shape index (κ1) is 11.9. The van der Waals surface area contributed by atoms with Crippen LogP contribution in [0.15, 0.2) is 12.7 Å². The fourth-order valence-electron chi connectivity index (χ4n) is 1.68. The van der Waals surface area contributed by atoms with Gasteiger partial charge in [0.15, 0.2) is 0 Å². The first-order valence-corrected chi connectivity index (χ1v) is 7.57. The molecule has 0 bridgehead atoms. The zero-order chi connectivity index (χ0) is 11.2. The molecule has 0 N–H and O–H groups in total. The first-order valence-electron chi connectivity index (χ1n) is 5.17. The number of hydrogen-bond acceptors (Lipinski definition) is 2. The molecule has 0 aliphatic carbocycles. The van der Waals surface area contributed by atoms with E-state index in [9.17, 15) is 0 Å². The van der Waals surface area contributed by atoms with Crippen LogP contribution in [0.2, 0.25) is 12.1 Å². The third kappa shape index (κ3) is 1.69. The summed E-state index contributed by atoms with van der Waals surface area (Å²) in [6.45, 7) is 16.5. The van der Waals surface area contributed by atoms with Crippen LogP contribution in [0.1, 0.15) is 34.6 Å². The second-order valence-electron chi connectivity index (χ2n) is 5.27. The molecule has 1 aliphatic heterocycles. The lowest BCUT2D eigenvalue weighted by atomic mass is 9.90. The molecule has 1 saturated heterocycles. The summed E-state index contributed by atoms with van der Waals surface area (Å²) in [6, 6.07) is 0. The van der Waals surface area contributed by atoms with Crippen molar-refractivity contribution in [2.45, 2.75) is 57.9 Å². The molecular weight excluding hydrogens is 192 g/mol. The van der Waals surface area contributed by atoms with Crippen LogP contribution < -0.4 is 0 Å². The second kappa shape index (κ2) is 3.19. The van der Waals surface area contributed by atoms with Crippen molar-refractivity contribution in [1.29, 1.82) is 0 Å². The predicted octanol–water partition coefficient (Wildman–Crippen LogP) is 3.24. The molecule has 2 nitrogen and oxygen atoms in total. The van der Waals surface area contributed by atoms with Gasteiger partial charge in [0.2, 0.25) is 0 Å². The van der Waals surface area contributed by atoms with Crippen LogP contribution in [0, 0.1) is 0 Å². The van der Waals surface area contributed by atoms with E-state index in [2.05, 4.69) is 47.7 Å². The van der Waals surface area contributed by atoms with E-state index >= 15 is 0 Å². The SMILES string of the molecule is C=CC(C)[Si]1(C)OC(C)(C)C(C)(C)O1. The van der Waals surface area contributed by atoms with E-state index in [1.54, 1.807) is 0 Å². The van der Waals surface area contributed by atoms with Gasteiger partial charge in [0.25, 0.3) is 0 Å². The highest BCUT2D eigenvalue weighted by Crippen LogP contribution is 2.45. The molecule has 1 atom stereocenters. The van der Waals surface area contributed by atoms with E-state index in [0.29, 0.717) is 5.54 Å². The summed E-state index contributed by atoms with van der Waals surface area (Å²) in [5.74, 6) is 0. The largest absolute Gasteiger partial charge is 0.386 e. The van der Waals surface area contributed by atoms with Crippen molar-refractivity contribution in [2.24, 2.45) is 0 Å². The number of hydrogen-bond donors (Lipinski definition) is 0. The van der Waals surface area contributed by atoms with Crippen LogP contribution in [0.3, 0.4) is 0 Å². The molecule has 0 radical (unpaired) electrons. The van der Waals surface area contributed by atoms with Crippen molar-refractivity contribution in [3.8, 4) is 0 Å². The van der Waals surface area contributed by atoms with Gasteiger partial charge in [-0.1, -0.05) is 13.0 Å². The van der Waals surface area contributed by atoms with Gasteiger partial charge in [0, 0.05) is 5.54 Å². The van der Waals surface area contributed by atoms with E-state index in [0.717, 1.165) is 0 Å². The normalized spacial score (nSPS) is 29.9. The molecule has 1 fully saturated rings. The third-order valence-electron chi connectivity index (χ3n) is 3.55.